The molecule has 0 aliphatic carbocycles. The molecule has 3 N–H and O–H groups in total. The van der Waals surface area contributed by atoms with E-state index in [2.05, 4.69) is 5.32 Å². The minimum absolute atomic E-state index is 0.0751. The average Bonchev–Trinajstić information content (AvgIpc) is 2.39. The van der Waals surface area contributed by atoms with Gasteiger partial charge in [-0.2, -0.15) is 0 Å². The third-order valence-electron chi connectivity index (χ3n) is 3.67. The summed E-state index contributed by atoms with van der Waals surface area (Å²) in [5, 5.41) is 3.36. The van der Waals surface area contributed by atoms with Crippen LogP contribution in [0.25, 0.3) is 0 Å². The van der Waals surface area contributed by atoms with Crippen molar-refractivity contribution in [3.63, 3.8) is 0 Å². The Labute approximate surface area is 95.3 Å². The topological polar surface area (TPSA) is 75.4 Å². The van der Waals surface area contributed by atoms with Gasteiger partial charge in [0.15, 0.2) is 0 Å². The quantitative estimate of drug-likeness (QED) is 0.654. The second-order valence-electron chi connectivity index (χ2n) is 4.79. The van der Waals surface area contributed by atoms with E-state index in [1.807, 2.05) is 0 Å². The fourth-order valence-corrected chi connectivity index (χ4v) is 2.74. The van der Waals surface area contributed by atoms with Gasteiger partial charge in [-0.3, -0.25) is 9.59 Å². The number of hydrogen-bond acceptors (Lipinski definition) is 3. The highest BCUT2D eigenvalue weighted by molar-refractivity contribution is 5.84. The summed E-state index contributed by atoms with van der Waals surface area (Å²) in [6.45, 7) is 2.75. The number of rotatable bonds is 2. The van der Waals surface area contributed by atoms with Gasteiger partial charge in [0.1, 0.15) is 0 Å². The van der Waals surface area contributed by atoms with E-state index in [-0.39, 0.29) is 12.5 Å². The third-order valence-corrected chi connectivity index (χ3v) is 3.67. The summed E-state index contributed by atoms with van der Waals surface area (Å²) < 4.78 is 0. The maximum Gasteiger partial charge on any atom is 0.237 e. The van der Waals surface area contributed by atoms with E-state index < -0.39 is 5.91 Å². The van der Waals surface area contributed by atoms with Gasteiger partial charge in [0.2, 0.25) is 11.8 Å². The highest BCUT2D eigenvalue weighted by Gasteiger charge is 2.32. The number of hydrogen-bond donors (Lipinski definition) is 2. The minimum atomic E-state index is -0.420. The Kier molecular flexibility index (Phi) is 3.43. The minimum Gasteiger partial charge on any atom is -0.368 e. The maximum absolute atomic E-state index is 11.9. The lowest BCUT2D eigenvalue weighted by Gasteiger charge is -2.29. The van der Waals surface area contributed by atoms with E-state index in [1.165, 1.54) is 0 Å². The highest BCUT2D eigenvalue weighted by atomic mass is 16.2. The first-order chi connectivity index (χ1) is 7.66. The largest absolute Gasteiger partial charge is 0.368 e. The molecule has 0 radical (unpaired) electrons. The summed E-state index contributed by atoms with van der Waals surface area (Å²) in [5.74, 6) is 0.742. The van der Waals surface area contributed by atoms with Gasteiger partial charge in [-0.05, 0) is 37.8 Å². The van der Waals surface area contributed by atoms with Crippen LogP contribution in [0.5, 0.6) is 0 Å². The van der Waals surface area contributed by atoms with Crippen molar-refractivity contribution in [2.24, 2.45) is 17.6 Å². The van der Waals surface area contributed by atoms with Crippen LogP contribution in [0.3, 0.4) is 0 Å². The molecule has 0 saturated carbocycles. The number of primary amides is 1. The molecule has 5 nitrogen and oxygen atoms in total. The summed E-state index contributed by atoms with van der Waals surface area (Å²) in [6.07, 6.45) is 2.64. The lowest BCUT2D eigenvalue weighted by molar-refractivity contribution is -0.135. The number of fused-ring (bicyclic) bond motifs is 1. The number of carbonyl (C=O) groups is 2. The summed E-state index contributed by atoms with van der Waals surface area (Å²) in [5.41, 5.74) is 5.14. The first-order valence-electron chi connectivity index (χ1n) is 5.93. The highest BCUT2D eigenvalue weighted by Crippen LogP contribution is 2.29. The van der Waals surface area contributed by atoms with Crippen LogP contribution in [0.4, 0.5) is 0 Å². The molecule has 2 atom stereocenters. The van der Waals surface area contributed by atoms with Crippen LogP contribution in [-0.2, 0) is 9.59 Å². The first-order valence-corrected chi connectivity index (χ1v) is 5.93. The predicted molar refractivity (Wildman–Crippen MR) is 59.5 cm³/mol. The van der Waals surface area contributed by atoms with Crippen LogP contribution in [0.2, 0.25) is 0 Å². The molecule has 2 amide bonds. The molecule has 0 aromatic rings. The van der Waals surface area contributed by atoms with Crippen molar-refractivity contribution in [1.82, 2.24) is 10.2 Å². The van der Waals surface area contributed by atoms with Gasteiger partial charge in [0, 0.05) is 13.0 Å². The van der Waals surface area contributed by atoms with E-state index in [4.69, 9.17) is 5.73 Å². The molecule has 0 bridgehead atoms. The molecule has 0 spiro atoms. The van der Waals surface area contributed by atoms with Gasteiger partial charge in [0.25, 0.3) is 0 Å². The zero-order valence-corrected chi connectivity index (χ0v) is 9.45. The fraction of sp³-hybridized carbons (Fsp3) is 0.818. The molecular formula is C11H19N3O2. The molecule has 0 aromatic carbocycles. The van der Waals surface area contributed by atoms with E-state index in [9.17, 15) is 9.59 Å². The lowest BCUT2D eigenvalue weighted by atomic mass is 9.83. The van der Waals surface area contributed by atoms with Gasteiger partial charge >= 0.3 is 0 Å². The normalized spacial score (nSPS) is 30.8. The standard InChI is InChI=1S/C11H19N3O2/c12-10(15)7-14-4-2-9-6-13-3-1-8(9)5-11(14)16/h8-9,13H,1-7H2,(H2,12,15)/t8-,9-/m0/s1. The number of piperidine rings is 1. The first kappa shape index (κ1) is 11.4. The Morgan fingerprint density at radius 3 is 3.00 bits per heavy atom. The molecular weight excluding hydrogens is 206 g/mol. The molecule has 0 aromatic heterocycles. The van der Waals surface area contributed by atoms with Gasteiger partial charge in [-0.25, -0.2) is 0 Å². The molecule has 90 valence electrons. The maximum atomic E-state index is 11.9. The molecule has 5 heteroatoms. The van der Waals surface area contributed by atoms with Crippen molar-refractivity contribution < 1.29 is 9.59 Å². The number of likely N-dealkylation sites (tertiary alicyclic amines) is 1. The van der Waals surface area contributed by atoms with Crippen molar-refractivity contribution in [3.05, 3.63) is 0 Å². The van der Waals surface area contributed by atoms with Gasteiger partial charge in [-0.15, -0.1) is 0 Å². The smallest absolute Gasteiger partial charge is 0.237 e. The number of nitrogens with one attached hydrogen (secondary N) is 1. The molecule has 2 aliphatic rings. The molecule has 2 rings (SSSR count). The summed E-state index contributed by atoms with van der Waals surface area (Å²) in [7, 11) is 0. The van der Waals surface area contributed by atoms with Gasteiger partial charge < -0.3 is 16.0 Å². The van der Waals surface area contributed by atoms with Crippen LogP contribution in [0, 0.1) is 11.8 Å². The third kappa shape index (κ3) is 2.52. The van der Waals surface area contributed by atoms with E-state index >= 15 is 0 Å². The van der Waals surface area contributed by atoms with Crippen molar-refractivity contribution in [2.75, 3.05) is 26.2 Å². The zero-order valence-electron chi connectivity index (χ0n) is 9.45. The molecule has 2 aliphatic heterocycles. The van der Waals surface area contributed by atoms with Crippen LogP contribution < -0.4 is 11.1 Å². The lowest BCUT2D eigenvalue weighted by Crippen LogP contribution is -2.38. The van der Waals surface area contributed by atoms with E-state index in [1.54, 1.807) is 4.90 Å². The van der Waals surface area contributed by atoms with Crippen LogP contribution in [-0.4, -0.2) is 42.9 Å². The predicted octanol–water partition coefficient (Wildman–Crippen LogP) is -0.680. The molecule has 2 fully saturated rings. The second-order valence-corrected chi connectivity index (χ2v) is 4.79. The Balaban J connectivity index is 2.00. The van der Waals surface area contributed by atoms with Crippen molar-refractivity contribution in [2.45, 2.75) is 19.3 Å². The molecule has 16 heavy (non-hydrogen) atoms. The molecule has 2 saturated heterocycles. The van der Waals surface area contributed by atoms with Crippen LogP contribution in [0.15, 0.2) is 0 Å². The van der Waals surface area contributed by atoms with Crippen LogP contribution >= 0.6 is 0 Å². The molecule has 0 unspecified atom stereocenters. The van der Waals surface area contributed by atoms with Crippen molar-refractivity contribution in [3.8, 4) is 0 Å². The average molecular weight is 225 g/mol. The Hall–Kier alpha value is -1.10. The Bertz CT molecular complexity index is 293. The monoisotopic (exact) mass is 225 g/mol. The number of carbonyl (C=O) groups excluding carboxylic acids is 2. The fourth-order valence-electron chi connectivity index (χ4n) is 2.74. The summed E-state index contributed by atoms with van der Waals surface area (Å²) in [4.78, 5) is 24.4. The van der Waals surface area contributed by atoms with E-state index in [0.717, 1.165) is 25.9 Å². The Morgan fingerprint density at radius 1 is 1.44 bits per heavy atom. The van der Waals surface area contributed by atoms with Crippen molar-refractivity contribution >= 4 is 11.8 Å². The zero-order chi connectivity index (χ0) is 11.5. The molecule has 2 heterocycles. The SMILES string of the molecule is NC(=O)CN1CC[C@H]2CNCC[C@H]2CC1=O. The van der Waals surface area contributed by atoms with Crippen molar-refractivity contribution in [1.29, 1.82) is 0 Å². The Morgan fingerprint density at radius 2 is 2.25 bits per heavy atom. The van der Waals surface area contributed by atoms with E-state index in [0.29, 0.717) is 24.8 Å². The van der Waals surface area contributed by atoms with Gasteiger partial charge in [-0.1, -0.05) is 0 Å². The number of amides is 2. The number of nitrogens with zero attached hydrogens (tertiary/aromatic N) is 1. The number of nitrogens with two attached hydrogens (primary N) is 1. The second kappa shape index (κ2) is 4.82. The summed E-state index contributed by atoms with van der Waals surface area (Å²) >= 11 is 0. The van der Waals surface area contributed by atoms with Crippen LogP contribution in [0.1, 0.15) is 19.3 Å². The summed E-state index contributed by atoms with van der Waals surface area (Å²) in [6, 6.07) is 0. The van der Waals surface area contributed by atoms with Gasteiger partial charge in [0.05, 0.1) is 6.54 Å².